The molecule has 0 spiro atoms. The van der Waals surface area contributed by atoms with Crippen molar-refractivity contribution in [1.82, 2.24) is 5.32 Å². The van der Waals surface area contributed by atoms with Crippen LogP contribution in [0.2, 0.25) is 0 Å². The molecule has 0 radical (unpaired) electrons. The highest BCUT2D eigenvalue weighted by Crippen LogP contribution is 2.18. The lowest BCUT2D eigenvalue weighted by Gasteiger charge is -2.20. The minimum absolute atomic E-state index is 0.420. The molecule has 0 fully saturated rings. The predicted octanol–water partition coefficient (Wildman–Crippen LogP) is 3.77. The van der Waals surface area contributed by atoms with Gasteiger partial charge in [-0.1, -0.05) is 51.1 Å². The third kappa shape index (κ3) is 4.98. The van der Waals surface area contributed by atoms with E-state index >= 15 is 0 Å². The van der Waals surface area contributed by atoms with E-state index in [0.29, 0.717) is 11.5 Å². The van der Waals surface area contributed by atoms with Gasteiger partial charge in [0.1, 0.15) is 0 Å². The smallest absolute Gasteiger partial charge is 0.0291 e. The van der Waals surface area contributed by atoms with Gasteiger partial charge < -0.3 is 5.32 Å². The van der Waals surface area contributed by atoms with Crippen LogP contribution in [0.3, 0.4) is 0 Å². The van der Waals surface area contributed by atoms with Crippen LogP contribution in [0.1, 0.15) is 45.7 Å². The fourth-order valence-electron chi connectivity index (χ4n) is 1.52. The van der Waals surface area contributed by atoms with Crippen molar-refractivity contribution >= 4 is 0 Å². The standard InChI is InChI=1S/C14H23N/c1-12(13-8-6-5-7-9-13)15-11-10-14(2,3)4/h5-9,12,15H,10-11H2,1-4H3/t12-/m0/s1. The molecule has 1 atom stereocenters. The summed E-state index contributed by atoms with van der Waals surface area (Å²) in [7, 11) is 0. The van der Waals surface area contributed by atoms with Gasteiger partial charge in [-0.15, -0.1) is 0 Å². The number of hydrogen-bond acceptors (Lipinski definition) is 1. The quantitative estimate of drug-likeness (QED) is 0.789. The first-order valence-electron chi connectivity index (χ1n) is 5.77. The van der Waals surface area contributed by atoms with Crippen LogP contribution in [-0.2, 0) is 0 Å². The zero-order chi connectivity index (χ0) is 11.3. The van der Waals surface area contributed by atoms with Gasteiger partial charge in [0.25, 0.3) is 0 Å². The van der Waals surface area contributed by atoms with Crippen LogP contribution in [0, 0.1) is 5.41 Å². The minimum Gasteiger partial charge on any atom is -0.310 e. The molecule has 1 rings (SSSR count). The molecule has 0 amide bonds. The van der Waals surface area contributed by atoms with E-state index in [1.807, 2.05) is 0 Å². The normalized spacial score (nSPS) is 13.9. The van der Waals surface area contributed by atoms with Crippen molar-refractivity contribution in [3.8, 4) is 0 Å². The van der Waals surface area contributed by atoms with E-state index in [9.17, 15) is 0 Å². The summed E-state index contributed by atoms with van der Waals surface area (Å²) in [4.78, 5) is 0. The molecule has 1 heteroatoms. The summed E-state index contributed by atoms with van der Waals surface area (Å²) in [6, 6.07) is 11.1. The summed E-state index contributed by atoms with van der Waals surface area (Å²) in [5.41, 5.74) is 1.79. The Hall–Kier alpha value is -0.820. The first kappa shape index (κ1) is 12.3. The lowest BCUT2D eigenvalue weighted by Crippen LogP contribution is -2.23. The average molecular weight is 205 g/mol. The zero-order valence-electron chi connectivity index (χ0n) is 10.4. The molecule has 0 aliphatic rings. The molecule has 0 heterocycles. The number of hydrogen-bond donors (Lipinski definition) is 1. The Morgan fingerprint density at radius 3 is 2.27 bits per heavy atom. The minimum atomic E-state index is 0.420. The molecule has 1 nitrogen and oxygen atoms in total. The van der Waals surface area contributed by atoms with Crippen LogP contribution in [0.5, 0.6) is 0 Å². The summed E-state index contributed by atoms with van der Waals surface area (Å²) in [6.07, 6.45) is 1.21. The molecular weight excluding hydrogens is 182 g/mol. The Labute approximate surface area is 93.9 Å². The molecule has 1 N–H and O–H groups in total. The van der Waals surface area contributed by atoms with Gasteiger partial charge >= 0.3 is 0 Å². The van der Waals surface area contributed by atoms with Crippen molar-refractivity contribution < 1.29 is 0 Å². The second-order valence-corrected chi connectivity index (χ2v) is 5.40. The van der Waals surface area contributed by atoms with E-state index in [1.165, 1.54) is 12.0 Å². The fraction of sp³-hybridized carbons (Fsp3) is 0.571. The average Bonchev–Trinajstić information content (AvgIpc) is 2.17. The predicted molar refractivity (Wildman–Crippen MR) is 66.9 cm³/mol. The van der Waals surface area contributed by atoms with Crippen LogP contribution >= 0.6 is 0 Å². The molecule has 0 aromatic heterocycles. The van der Waals surface area contributed by atoms with E-state index in [1.54, 1.807) is 0 Å². The van der Waals surface area contributed by atoms with Gasteiger partial charge in [0.05, 0.1) is 0 Å². The maximum Gasteiger partial charge on any atom is 0.0291 e. The molecule has 0 saturated heterocycles. The van der Waals surface area contributed by atoms with Crippen LogP contribution in [-0.4, -0.2) is 6.54 Å². The maximum absolute atomic E-state index is 3.56. The summed E-state index contributed by atoms with van der Waals surface area (Å²) < 4.78 is 0. The van der Waals surface area contributed by atoms with Gasteiger partial charge in [0, 0.05) is 6.04 Å². The number of rotatable bonds is 4. The highest BCUT2D eigenvalue weighted by molar-refractivity contribution is 5.17. The van der Waals surface area contributed by atoms with E-state index in [0.717, 1.165) is 6.54 Å². The van der Waals surface area contributed by atoms with Gasteiger partial charge in [-0.2, -0.15) is 0 Å². The highest BCUT2D eigenvalue weighted by Gasteiger charge is 2.10. The lowest BCUT2D eigenvalue weighted by atomic mass is 9.92. The maximum atomic E-state index is 3.56. The van der Waals surface area contributed by atoms with Crippen molar-refractivity contribution in [1.29, 1.82) is 0 Å². The largest absolute Gasteiger partial charge is 0.310 e. The van der Waals surface area contributed by atoms with E-state index in [4.69, 9.17) is 0 Å². The van der Waals surface area contributed by atoms with Crippen molar-refractivity contribution in [2.75, 3.05) is 6.54 Å². The molecule has 1 aromatic rings. The molecule has 0 aliphatic carbocycles. The molecule has 15 heavy (non-hydrogen) atoms. The summed E-state index contributed by atoms with van der Waals surface area (Å²) in [5, 5.41) is 3.56. The van der Waals surface area contributed by atoms with Gasteiger partial charge in [0.15, 0.2) is 0 Å². The van der Waals surface area contributed by atoms with Gasteiger partial charge in [-0.3, -0.25) is 0 Å². The second-order valence-electron chi connectivity index (χ2n) is 5.40. The summed E-state index contributed by atoms with van der Waals surface area (Å²) in [5.74, 6) is 0. The molecule has 0 bridgehead atoms. The Morgan fingerprint density at radius 2 is 1.73 bits per heavy atom. The van der Waals surface area contributed by atoms with E-state index in [2.05, 4.69) is 63.3 Å². The van der Waals surface area contributed by atoms with Crippen LogP contribution in [0.4, 0.5) is 0 Å². The number of benzene rings is 1. The van der Waals surface area contributed by atoms with Gasteiger partial charge in [-0.25, -0.2) is 0 Å². The SMILES string of the molecule is C[C@H](NCCC(C)(C)C)c1ccccc1. The first-order valence-corrected chi connectivity index (χ1v) is 5.77. The topological polar surface area (TPSA) is 12.0 Å². The van der Waals surface area contributed by atoms with E-state index in [-0.39, 0.29) is 0 Å². The molecule has 1 aromatic carbocycles. The Morgan fingerprint density at radius 1 is 1.13 bits per heavy atom. The monoisotopic (exact) mass is 205 g/mol. The Bertz CT molecular complexity index is 271. The molecule has 0 aliphatic heterocycles. The molecule has 84 valence electrons. The van der Waals surface area contributed by atoms with Crippen molar-refractivity contribution in [3.63, 3.8) is 0 Å². The van der Waals surface area contributed by atoms with Crippen molar-refractivity contribution in [2.24, 2.45) is 5.41 Å². The van der Waals surface area contributed by atoms with Crippen LogP contribution in [0.25, 0.3) is 0 Å². The molecule has 0 saturated carbocycles. The van der Waals surface area contributed by atoms with E-state index < -0.39 is 0 Å². The second kappa shape index (κ2) is 5.32. The first-order chi connectivity index (χ1) is 6.99. The Kier molecular flexibility index (Phi) is 4.34. The summed E-state index contributed by atoms with van der Waals surface area (Å²) in [6.45, 7) is 10.1. The number of nitrogens with one attached hydrogen (secondary N) is 1. The van der Waals surface area contributed by atoms with Gasteiger partial charge in [0.2, 0.25) is 0 Å². The molecular formula is C14H23N. The van der Waals surface area contributed by atoms with Gasteiger partial charge in [-0.05, 0) is 30.9 Å². The Balaban J connectivity index is 2.34. The third-order valence-electron chi connectivity index (χ3n) is 2.63. The van der Waals surface area contributed by atoms with Crippen molar-refractivity contribution in [3.05, 3.63) is 35.9 Å². The fourth-order valence-corrected chi connectivity index (χ4v) is 1.52. The van der Waals surface area contributed by atoms with Crippen molar-refractivity contribution in [2.45, 2.75) is 40.2 Å². The third-order valence-corrected chi connectivity index (χ3v) is 2.63. The summed E-state index contributed by atoms with van der Waals surface area (Å²) >= 11 is 0. The van der Waals surface area contributed by atoms with Crippen LogP contribution < -0.4 is 5.32 Å². The van der Waals surface area contributed by atoms with Crippen LogP contribution in [0.15, 0.2) is 30.3 Å². The molecule has 0 unspecified atom stereocenters. The lowest BCUT2D eigenvalue weighted by molar-refractivity contribution is 0.358. The zero-order valence-corrected chi connectivity index (χ0v) is 10.4. The highest BCUT2D eigenvalue weighted by atomic mass is 14.9.